The van der Waals surface area contributed by atoms with Gasteiger partial charge in [0.2, 0.25) is 0 Å². The predicted molar refractivity (Wildman–Crippen MR) is 246 cm³/mol. The summed E-state index contributed by atoms with van der Waals surface area (Å²) in [5, 5.41) is 4.32. The summed E-state index contributed by atoms with van der Waals surface area (Å²) in [4.78, 5) is 17.4. The monoisotopic (exact) mass is 768 g/mol. The lowest BCUT2D eigenvalue weighted by Crippen LogP contribution is -2.10. The van der Waals surface area contributed by atoms with Crippen molar-refractivity contribution in [2.24, 2.45) is 0 Å². The van der Waals surface area contributed by atoms with Crippen LogP contribution in [0.3, 0.4) is 0 Å². The van der Waals surface area contributed by atoms with Gasteiger partial charge in [0, 0.05) is 49.6 Å². The van der Waals surface area contributed by atoms with E-state index in [0.29, 0.717) is 17.5 Å². The Morgan fingerprint density at radius 3 is 1.28 bits per heavy atom. The molecular formula is C55H36N4O. The van der Waals surface area contributed by atoms with Crippen LogP contribution in [-0.4, -0.2) is 15.0 Å². The molecule has 0 saturated carbocycles. The van der Waals surface area contributed by atoms with Gasteiger partial charge in [-0.15, -0.1) is 0 Å². The Bertz CT molecular complexity index is 3240. The summed E-state index contributed by atoms with van der Waals surface area (Å²) < 4.78 is 6.59. The van der Waals surface area contributed by atoms with Crippen LogP contribution in [0.4, 0.5) is 17.1 Å². The van der Waals surface area contributed by atoms with E-state index in [9.17, 15) is 0 Å². The fourth-order valence-electron chi connectivity index (χ4n) is 8.13. The summed E-state index contributed by atoms with van der Waals surface area (Å²) in [5.74, 6) is 1.88. The molecule has 282 valence electrons. The second-order valence-electron chi connectivity index (χ2n) is 14.8. The molecule has 0 aliphatic heterocycles. The van der Waals surface area contributed by atoms with Crippen molar-refractivity contribution in [3.05, 3.63) is 218 Å². The molecule has 0 radical (unpaired) electrons. The van der Waals surface area contributed by atoms with E-state index >= 15 is 0 Å². The Morgan fingerprint density at radius 2 is 0.717 bits per heavy atom. The lowest BCUT2D eigenvalue weighted by Gasteiger charge is -2.27. The van der Waals surface area contributed by atoms with Crippen molar-refractivity contribution in [3.8, 4) is 56.4 Å². The molecule has 5 heteroatoms. The van der Waals surface area contributed by atoms with E-state index in [-0.39, 0.29) is 0 Å². The number of anilines is 3. The molecule has 0 spiro atoms. The maximum atomic E-state index is 6.59. The third-order valence-corrected chi connectivity index (χ3v) is 11.1. The van der Waals surface area contributed by atoms with Crippen LogP contribution in [0.1, 0.15) is 0 Å². The number of aromatic nitrogens is 3. The highest BCUT2D eigenvalue weighted by Crippen LogP contribution is 2.45. The van der Waals surface area contributed by atoms with Crippen molar-refractivity contribution in [2.45, 2.75) is 0 Å². The second-order valence-corrected chi connectivity index (χ2v) is 14.8. The first-order chi connectivity index (χ1) is 29.7. The van der Waals surface area contributed by atoms with Gasteiger partial charge in [-0.3, -0.25) is 0 Å². The largest absolute Gasteiger partial charge is 0.455 e. The molecule has 0 N–H and O–H groups in total. The van der Waals surface area contributed by atoms with E-state index in [1.807, 2.05) is 48.5 Å². The normalized spacial score (nSPS) is 11.3. The Hall–Kier alpha value is -8.15. The zero-order valence-corrected chi connectivity index (χ0v) is 32.5. The Balaban J connectivity index is 1.03. The number of hydrogen-bond donors (Lipinski definition) is 0. The number of hydrogen-bond acceptors (Lipinski definition) is 5. The number of fused-ring (bicyclic) bond motifs is 5. The van der Waals surface area contributed by atoms with Gasteiger partial charge in [-0.2, -0.15) is 0 Å². The van der Waals surface area contributed by atoms with Crippen molar-refractivity contribution in [1.82, 2.24) is 15.0 Å². The van der Waals surface area contributed by atoms with Crippen molar-refractivity contribution < 1.29 is 4.42 Å². The van der Waals surface area contributed by atoms with Gasteiger partial charge in [0.1, 0.15) is 11.2 Å². The first-order valence-corrected chi connectivity index (χ1v) is 20.1. The van der Waals surface area contributed by atoms with E-state index in [1.54, 1.807) is 0 Å². The molecule has 0 fully saturated rings. The number of para-hydroxylation sites is 3. The molecule has 60 heavy (non-hydrogen) atoms. The fourth-order valence-corrected chi connectivity index (χ4v) is 8.13. The van der Waals surface area contributed by atoms with Crippen LogP contribution in [0.25, 0.3) is 89.1 Å². The molecule has 5 nitrogen and oxygen atoms in total. The van der Waals surface area contributed by atoms with Crippen molar-refractivity contribution in [2.75, 3.05) is 4.90 Å². The Labute approximate surface area is 347 Å². The van der Waals surface area contributed by atoms with E-state index in [4.69, 9.17) is 19.4 Å². The first kappa shape index (κ1) is 35.0. The fraction of sp³-hybridized carbons (Fsp3) is 0. The Kier molecular flexibility index (Phi) is 8.75. The highest BCUT2D eigenvalue weighted by Gasteiger charge is 2.21. The maximum Gasteiger partial charge on any atom is 0.164 e. The average molecular weight is 769 g/mol. The number of benzene rings is 9. The minimum atomic E-state index is 0.618. The Morgan fingerprint density at radius 1 is 0.300 bits per heavy atom. The van der Waals surface area contributed by atoms with Crippen LogP contribution in [0.2, 0.25) is 0 Å². The third-order valence-electron chi connectivity index (χ3n) is 11.1. The number of furan rings is 1. The van der Waals surface area contributed by atoms with Gasteiger partial charge in [0.15, 0.2) is 17.5 Å². The summed E-state index contributed by atoms with van der Waals surface area (Å²) >= 11 is 0. The zero-order valence-electron chi connectivity index (χ0n) is 32.5. The highest BCUT2D eigenvalue weighted by molar-refractivity contribution is 6.20. The standard InChI is InChI=1S/C55H36N4O/c1-5-15-37(16-6-1)38-25-29-41(30-26-38)54-56-53(40-17-7-2-8-18-40)57-55(58-54)42-31-27-39(28-32-42)43-33-34-47-48(35-43)50(36-49-46-23-13-14-24-51(46)60-52(47)49)59(44-19-9-3-10-20-44)45-21-11-4-12-22-45/h1-36H. The van der Waals surface area contributed by atoms with Crippen LogP contribution < -0.4 is 4.90 Å². The minimum absolute atomic E-state index is 0.618. The molecule has 0 bridgehead atoms. The molecule has 2 heterocycles. The smallest absolute Gasteiger partial charge is 0.164 e. The summed E-state index contributed by atoms with van der Waals surface area (Å²) in [6, 6.07) is 75.8. The van der Waals surface area contributed by atoms with Gasteiger partial charge < -0.3 is 9.32 Å². The minimum Gasteiger partial charge on any atom is -0.455 e. The van der Waals surface area contributed by atoms with Crippen LogP contribution in [-0.2, 0) is 0 Å². The molecule has 0 aliphatic rings. The van der Waals surface area contributed by atoms with Gasteiger partial charge in [0.25, 0.3) is 0 Å². The molecule has 2 aromatic heterocycles. The summed E-state index contributed by atoms with van der Waals surface area (Å²) in [6.07, 6.45) is 0. The molecule has 9 aromatic carbocycles. The highest BCUT2D eigenvalue weighted by atomic mass is 16.3. The second kappa shape index (κ2) is 15.0. The van der Waals surface area contributed by atoms with Crippen molar-refractivity contribution in [1.29, 1.82) is 0 Å². The van der Waals surface area contributed by atoms with Gasteiger partial charge >= 0.3 is 0 Å². The third kappa shape index (κ3) is 6.45. The zero-order chi connectivity index (χ0) is 39.8. The lowest BCUT2D eigenvalue weighted by molar-refractivity contribution is 0.672. The van der Waals surface area contributed by atoms with Crippen molar-refractivity contribution in [3.63, 3.8) is 0 Å². The van der Waals surface area contributed by atoms with E-state index in [0.717, 1.165) is 83.2 Å². The molecule has 11 aromatic rings. The van der Waals surface area contributed by atoms with Gasteiger partial charge in [-0.1, -0.05) is 170 Å². The first-order valence-electron chi connectivity index (χ1n) is 20.1. The topological polar surface area (TPSA) is 55.1 Å². The number of nitrogens with zero attached hydrogens (tertiary/aromatic N) is 4. The van der Waals surface area contributed by atoms with Gasteiger partial charge in [-0.05, 0) is 70.8 Å². The molecule has 0 aliphatic carbocycles. The van der Waals surface area contributed by atoms with Crippen LogP contribution in [0, 0.1) is 0 Å². The average Bonchev–Trinajstić information content (AvgIpc) is 3.71. The quantitative estimate of drug-likeness (QED) is 0.154. The van der Waals surface area contributed by atoms with Crippen LogP contribution in [0.5, 0.6) is 0 Å². The molecule has 0 atom stereocenters. The van der Waals surface area contributed by atoms with Crippen LogP contribution >= 0.6 is 0 Å². The van der Waals surface area contributed by atoms with Crippen LogP contribution in [0.15, 0.2) is 223 Å². The molecule has 0 saturated heterocycles. The SMILES string of the molecule is c1ccc(-c2ccc(-c3nc(-c4ccccc4)nc(-c4ccc(-c5ccc6c(c5)c(N(c5ccccc5)c5ccccc5)cc5c7ccccc7oc65)cc4)n3)cc2)cc1. The lowest BCUT2D eigenvalue weighted by atomic mass is 9.96. The molecule has 0 unspecified atom stereocenters. The van der Waals surface area contributed by atoms with E-state index < -0.39 is 0 Å². The van der Waals surface area contributed by atoms with E-state index in [1.165, 1.54) is 5.56 Å². The van der Waals surface area contributed by atoms with Crippen molar-refractivity contribution >= 4 is 49.8 Å². The summed E-state index contributed by atoms with van der Waals surface area (Å²) in [7, 11) is 0. The van der Waals surface area contributed by atoms with Gasteiger partial charge in [-0.25, -0.2) is 15.0 Å². The van der Waals surface area contributed by atoms with Gasteiger partial charge in [0.05, 0.1) is 5.69 Å². The molecule has 11 rings (SSSR count). The molecular weight excluding hydrogens is 733 g/mol. The predicted octanol–water partition coefficient (Wildman–Crippen LogP) is 14.7. The summed E-state index contributed by atoms with van der Waals surface area (Å²) in [6.45, 7) is 0. The maximum absolute atomic E-state index is 6.59. The summed E-state index contributed by atoms with van der Waals surface area (Å²) in [5.41, 5.74) is 12.2. The van der Waals surface area contributed by atoms with E-state index in [2.05, 4.69) is 175 Å². The molecule has 0 amide bonds. The number of rotatable bonds is 8.